The quantitative estimate of drug-likeness (QED) is 0.130. The zero-order chi connectivity index (χ0) is 25.7. The lowest BCUT2D eigenvalue weighted by molar-refractivity contribution is -0.384. The average Bonchev–Trinajstić information content (AvgIpc) is 3.24. The SMILES string of the molecule is Cc1cc(C)nc(SCc2nnc(SCC(=O)Nc3cccc([N+](=O)[O-])c3)n2-c2cccc(Cl)c2)n1. The van der Waals surface area contributed by atoms with Crippen LogP contribution < -0.4 is 5.32 Å². The third-order valence-corrected chi connectivity index (χ3v) is 6.74. The number of nitrogens with one attached hydrogen (secondary N) is 1. The number of hydrogen-bond acceptors (Lipinski definition) is 9. The van der Waals surface area contributed by atoms with Crippen molar-refractivity contribution >= 4 is 52.4 Å². The molecule has 36 heavy (non-hydrogen) atoms. The predicted octanol–water partition coefficient (Wildman–Crippen LogP) is 5.26. The highest BCUT2D eigenvalue weighted by molar-refractivity contribution is 7.99. The summed E-state index contributed by atoms with van der Waals surface area (Å²) in [7, 11) is 0. The monoisotopic (exact) mass is 541 g/mol. The first-order chi connectivity index (χ1) is 17.3. The van der Waals surface area contributed by atoms with Gasteiger partial charge in [-0.2, -0.15) is 0 Å². The van der Waals surface area contributed by atoms with Gasteiger partial charge in [-0.05, 0) is 44.2 Å². The van der Waals surface area contributed by atoms with Crippen LogP contribution in [0.5, 0.6) is 0 Å². The van der Waals surface area contributed by atoms with Crippen molar-refractivity contribution in [3.8, 4) is 5.69 Å². The van der Waals surface area contributed by atoms with Gasteiger partial charge in [-0.3, -0.25) is 19.5 Å². The van der Waals surface area contributed by atoms with Crippen molar-refractivity contribution in [2.75, 3.05) is 11.1 Å². The number of rotatable bonds is 9. The maximum absolute atomic E-state index is 12.5. The number of nitro benzene ring substituents is 1. The van der Waals surface area contributed by atoms with Crippen molar-refractivity contribution in [2.45, 2.75) is 29.9 Å². The molecular formula is C23H20ClN7O3S2. The van der Waals surface area contributed by atoms with E-state index in [9.17, 15) is 14.9 Å². The number of aryl methyl sites for hydroxylation is 2. The fourth-order valence-electron chi connectivity index (χ4n) is 3.27. The largest absolute Gasteiger partial charge is 0.325 e. The number of amides is 1. The molecular weight excluding hydrogens is 522 g/mol. The van der Waals surface area contributed by atoms with Gasteiger partial charge in [-0.15, -0.1) is 10.2 Å². The van der Waals surface area contributed by atoms with Crippen molar-refractivity contribution in [3.63, 3.8) is 0 Å². The van der Waals surface area contributed by atoms with Crippen LogP contribution in [0.1, 0.15) is 17.2 Å². The van der Waals surface area contributed by atoms with Crippen LogP contribution >= 0.6 is 35.1 Å². The Morgan fingerprint density at radius 2 is 1.81 bits per heavy atom. The smallest absolute Gasteiger partial charge is 0.271 e. The molecule has 0 bridgehead atoms. The Morgan fingerprint density at radius 1 is 1.06 bits per heavy atom. The van der Waals surface area contributed by atoms with Crippen LogP contribution in [0.25, 0.3) is 5.69 Å². The van der Waals surface area contributed by atoms with Crippen LogP contribution in [0.2, 0.25) is 5.02 Å². The highest BCUT2D eigenvalue weighted by Gasteiger charge is 2.18. The van der Waals surface area contributed by atoms with E-state index in [-0.39, 0.29) is 17.3 Å². The molecule has 0 atom stereocenters. The number of halogens is 1. The van der Waals surface area contributed by atoms with Gasteiger partial charge in [0.2, 0.25) is 5.91 Å². The van der Waals surface area contributed by atoms with Gasteiger partial charge in [-0.1, -0.05) is 47.3 Å². The molecule has 184 valence electrons. The Labute approximate surface area is 220 Å². The number of nitro groups is 1. The Hall–Kier alpha value is -3.48. The van der Waals surface area contributed by atoms with E-state index in [1.165, 1.54) is 41.7 Å². The summed E-state index contributed by atoms with van der Waals surface area (Å²) >= 11 is 8.86. The lowest BCUT2D eigenvalue weighted by Gasteiger charge is -2.11. The van der Waals surface area contributed by atoms with Gasteiger partial charge in [0.1, 0.15) is 5.82 Å². The number of carbonyl (C=O) groups is 1. The van der Waals surface area contributed by atoms with E-state index in [2.05, 4.69) is 25.5 Å². The number of non-ortho nitro benzene ring substituents is 1. The van der Waals surface area contributed by atoms with Crippen molar-refractivity contribution < 1.29 is 9.72 Å². The topological polar surface area (TPSA) is 129 Å². The molecule has 13 heteroatoms. The molecule has 0 unspecified atom stereocenters. The average molecular weight is 542 g/mol. The fourth-order valence-corrected chi connectivity index (χ4v) is 5.09. The summed E-state index contributed by atoms with van der Waals surface area (Å²) in [6, 6.07) is 14.9. The molecule has 0 spiro atoms. The van der Waals surface area contributed by atoms with E-state index in [0.29, 0.717) is 32.6 Å². The summed E-state index contributed by atoms with van der Waals surface area (Å²) in [4.78, 5) is 31.9. The molecule has 0 saturated heterocycles. The van der Waals surface area contributed by atoms with Gasteiger partial charge in [0.25, 0.3) is 5.69 Å². The highest BCUT2D eigenvalue weighted by atomic mass is 35.5. The van der Waals surface area contributed by atoms with E-state index in [1.54, 1.807) is 18.2 Å². The first-order valence-electron chi connectivity index (χ1n) is 10.6. The summed E-state index contributed by atoms with van der Waals surface area (Å²) in [6.07, 6.45) is 0. The third-order valence-electron chi connectivity index (χ3n) is 4.73. The molecule has 0 radical (unpaired) electrons. The molecule has 1 N–H and O–H groups in total. The van der Waals surface area contributed by atoms with Crippen LogP contribution in [0.4, 0.5) is 11.4 Å². The Kier molecular flexibility index (Phi) is 8.18. The Morgan fingerprint density at radius 3 is 2.53 bits per heavy atom. The van der Waals surface area contributed by atoms with Gasteiger partial charge in [0.05, 0.1) is 22.1 Å². The second-order valence-electron chi connectivity index (χ2n) is 7.58. The van der Waals surface area contributed by atoms with E-state index in [4.69, 9.17) is 11.6 Å². The minimum atomic E-state index is -0.513. The molecule has 0 fully saturated rings. The molecule has 1 amide bonds. The standard InChI is InChI=1S/C23H20ClN7O3S2/c1-14-9-15(2)26-22(25-14)35-12-20-28-29-23(30(20)18-7-3-5-16(24)10-18)36-13-21(32)27-17-6-4-8-19(11-17)31(33)34/h3-11H,12-13H2,1-2H3,(H,27,32). The van der Waals surface area contributed by atoms with Crippen molar-refractivity contribution in [3.05, 3.63) is 86.9 Å². The van der Waals surface area contributed by atoms with Crippen LogP contribution in [-0.4, -0.2) is 41.3 Å². The van der Waals surface area contributed by atoms with E-state index >= 15 is 0 Å². The zero-order valence-electron chi connectivity index (χ0n) is 19.2. The molecule has 0 aliphatic heterocycles. The van der Waals surface area contributed by atoms with Crippen LogP contribution in [0.3, 0.4) is 0 Å². The lowest BCUT2D eigenvalue weighted by Crippen LogP contribution is -2.14. The molecule has 0 aliphatic rings. The summed E-state index contributed by atoms with van der Waals surface area (Å²) in [5.74, 6) is 0.782. The van der Waals surface area contributed by atoms with Gasteiger partial charge in [-0.25, -0.2) is 9.97 Å². The molecule has 10 nitrogen and oxygen atoms in total. The van der Waals surface area contributed by atoms with E-state index in [0.717, 1.165) is 17.1 Å². The highest BCUT2D eigenvalue weighted by Crippen LogP contribution is 2.28. The van der Waals surface area contributed by atoms with Crippen LogP contribution in [0.15, 0.2) is 64.9 Å². The van der Waals surface area contributed by atoms with Crippen molar-refractivity contribution in [2.24, 2.45) is 0 Å². The maximum atomic E-state index is 12.5. The first kappa shape index (κ1) is 25.6. The number of carbonyl (C=O) groups excluding carboxylic acids is 1. The van der Waals surface area contributed by atoms with Crippen LogP contribution in [-0.2, 0) is 10.5 Å². The molecule has 0 saturated carbocycles. The molecule has 2 heterocycles. The number of thioether (sulfide) groups is 2. The van der Waals surface area contributed by atoms with Gasteiger partial charge >= 0.3 is 0 Å². The molecule has 0 aliphatic carbocycles. The van der Waals surface area contributed by atoms with Crippen molar-refractivity contribution in [1.82, 2.24) is 24.7 Å². The Bertz CT molecular complexity index is 1410. The molecule has 4 rings (SSSR count). The number of aromatic nitrogens is 5. The van der Waals surface area contributed by atoms with Gasteiger partial charge in [0.15, 0.2) is 10.3 Å². The second-order valence-corrected chi connectivity index (χ2v) is 9.90. The minimum Gasteiger partial charge on any atom is -0.325 e. The first-order valence-corrected chi connectivity index (χ1v) is 13.0. The summed E-state index contributed by atoms with van der Waals surface area (Å²) < 4.78 is 1.84. The van der Waals surface area contributed by atoms with Gasteiger partial charge in [0, 0.05) is 34.2 Å². The predicted molar refractivity (Wildman–Crippen MR) is 140 cm³/mol. The summed E-state index contributed by atoms with van der Waals surface area (Å²) in [5, 5.41) is 24.0. The van der Waals surface area contributed by atoms with E-state index < -0.39 is 4.92 Å². The second kappa shape index (κ2) is 11.5. The minimum absolute atomic E-state index is 0.0225. The maximum Gasteiger partial charge on any atom is 0.271 e. The molecule has 2 aromatic heterocycles. The lowest BCUT2D eigenvalue weighted by atomic mass is 10.3. The van der Waals surface area contributed by atoms with Gasteiger partial charge < -0.3 is 5.32 Å². The zero-order valence-corrected chi connectivity index (χ0v) is 21.6. The number of benzene rings is 2. The number of hydrogen-bond donors (Lipinski definition) is 1. The fraction of sp³-hybridized carbons (Fsp3) is 0.174. The van der Waals surface area contributed by atoms with E-state index in [1.807, 2.05) is 36.6 Å². The Balaban J connectivity index is 1.52. The van der Waals surface area contributed by atoms with Crippen LogP contribution in [0, 0.1) is 24.0 Å². The number of anilines is 1. The normalized spacial score (nSPS) is 10.9. The van der Waals surface area contributed by atoms with Crippen molar-refractivity contribution in [1.29, 1.82) is 0 Å². The molecule has 4 aromatic rings. The molecule has 2 aromatic carbocycles. The summed E-state index contributed by atoms with van der Waals surface area (Å²) in [5.41, 5.74) is 2.76. The third kappa shape index (κ3) is 6.59. The summed E-state index contributed by atoms with van der Waals surface area (Å²) in [6.45, 7) is 3.83. The number of nitrogens with zero attached hydrogens (tertiary/aromatic N) is 6.